The van der Waals surface area contributed by atoms with Gasteiger partial charge in [-0.2, -0.15) is 10.2 Å². The highest BCUT2D eigenvalue weighted by atomic mass is 19.1. The van der Waals surface area contributed by atoms with Gasteiger partial charge in [0, 0.05) is 34.9 Å². The molecular weight excluding hydrogens is 478 g/mol. The van der Waals surface area contributed by atoms with Gasteiger partial charge in [0.1, 0.15) is 23.1 Å². The van der Waals surface area contributed by atoms with Crippen LogP contribution in [0, 0.1) is 18.6 Å². The maximum Gasteiger partial charge on any atom is 0.184 e. The molecule has 0 amide bonds. The predicted octanol–water partition coefficient (Wildman–Crippen LogP) is 5.83. The van der Waals surface area contributed by atoms with E-state index < -0.39 is 11.6 Å². The van der Waals surface area contributed by atoms with Gasteiger partial charge in [-0.25, -0.2) is 18.7 Å². The summed E-state index contributed by atoms with van der Waals surface area (Å²) in [7, 11) is 0. The summed E-state index contributed by atoms with van der Waals surface area (Å²) in [6.45, 7) is 3.85. The Balaban J connectivity index is 1.50. The van der Waals surface area contributed by atoms with Crippen molar-refractivity contribution in [1.29, 1.82) is 0 Å². The van der Waals surface area contributed by atoms with Gasteiger partial charge in [0.15, 0.2) is 23.1 Å². The number of nitrogens with zero attached hydrogens (tertiary/aromatic N) is 6. The molecule has 2 aromatic heterocycles. The second kappa shape index (κ2) is 9.92. The van der Waals surface area contributed by atoms with E-state index in [1.807, 2.05) is 25.1 Å². The van der Waals surface area contributed by atoms with E-state index in [1.165, 1.54) is 12.1 Å². The maximum absolute atomic E-state index is 14.8. The first kappa shape index (κ1) is 24.3. The molecule has 37 heavy (non-hydrogen) atoms. The molecule has 0 radical (unpaired) electrons. The van der Waals surface area contributed by atoms with Crippen molar-refractivity contribution in [3.8, 4) is 17.3 Å². The molecule has 9 nitrogen and oxygen atoms in total. The lowest BCUT2D eigenvalue weighted by molar-refractivity contribution is 0.335. The summed E-state index contributed by atoms with van der Waals surface area (Å²) in [5, 5.41) is 12.9. The minimum absolute atomic E-state index is 0.0488. The van der Waals surface area contributed by atoms with Crippen molar-refractivity contribution in [1.82, 2.24) is 19.7 Å². The predicted molar refractivity (Wildman–Crippen MR) is 136 cm³/mol. The van der Waals surface area contributed by atoms with Crippen LogP contribution in [0.2, 0.25) is 0 Å². The van der Waals surface area contributed by atoms with Gasteiger partial charge in [0.25, 0.3) is 0 Å². The van der Waals surface area contributed by atoms with Crippen molar-refractivity contribution in [2.75, 3.05) is 18.1 Å². The second-order valence-corrected chi connectivity index (χ2v) is 8.79. The van der Waals surface area contributed by atoms with Crippen LogP contribution in [-0.2, 0) is 6.54 Å². The first-order chi connectivity index (χ1) is 17.9. The number of rotatable bonds is 8. The summed E-state index contributed by atoms with van der Waals surface area (Å²) >= 11 is 0. The standard InChI is InChI=1S/C26H26F2N8O/c1-3-37-17-11-19(27)18(20(28)12-17)13-36-23(15-9-10-15)14(2)21(35-36)26-31-24(29)22(25(30)32-26)34-33-16-7-5-4-6-8-16/h4-8,11-12,15H,3,9-10,13H2,1-2H3,(H4,29,30,31,32). The molecule has 4 N–H and O–H groups in total. The monoisotopic (exact) mass is 504 g/mol. The number of nitrogen functional groups attached to an aromatic ring is 2. The van der Waals surface area contributed by atoms with Crippen LogP contribution in [0.25, 0.3) is 11.5 Å². The van der Waals surface area contributed by atoms with Gasteiger partial charge in [0.2, 0.25) is 0 Å². The third kappa shape index (κ3) is 4.97. The molecule has 2 aromatic carbocycles. The molecule has 11 heteroatoms. The number of aromatic nitrogens is 4. The number of hydrogen-bond acceptors (Lipinski definition) is 8. The number of benzene rings is 2. The first-order valence-electron chi connectivity index (χ1n) is 11.9. The van der Waals surface area contributed by atoms with Crippen LogP contribution >= 0.6 is 0 Å². The quantitative estimate of drug-likeness (QED) is 0.290. The normalized spacial score (nSPS) is 13.4. The van der Waals surface area contributed by atoms with E-state index >= 15 is 0 Å². The molecule has 0 bridgehead atoms. The van der Waals surface area contributed by atoms with Crippen LogP contribution in [0.15, 0.2) is 52.7 Å². The highest BCUT2D eigenvalue weighted by molar-refractivity contribution is 5.74. The molecule has 190 valence electrons. The van der Waals surface area contributed by atoms with Crippen molar-refractivity contribution in [2.24, 2.45) is 10.2 Å². The zero-order chi connectivity index (χ0) is 26.1. The maximum atomic E-state index is 14.8. The third-order valence-electron chi connectivity index (χ3n) is 6.11. The summed E-state index contributed by atoms with van der Waals surface area (Å²) < 4.78 is 36.5. The van der Waals surface area contributed by atoms with Crippen molar-refractivity contribution in [3.63, 3.8) is 0 Å². The average Bonchev–Trinajstić information content (AvgIpc) is 3.64. The topological polar surface area (TPSA) is 130 Å². The smallest absolute Gasteiger partial charge is 0.184 e. The van der Waals surface area contributed by atoms with Gasteiger partial charge in [-0.15, -0.1) is 5.11 Å². The van der Waals surface area contributed by atoms with Crippen LogP contribution in [0.1, 0.15) is 42.5 Å². The van der Waals surface area contributed by atoms with E-state index in [-0.39, 0.29) is 46.9 Å². The fourth-order valence-corrected chi connectivity index (χ4v) is 4.20. The zero-order valence-electron chi connectivity index (χ0n) is 20.4. The SMILES string of the molecule is CCOc1cc(F)c(Cn2nc(-c3nc(N)c(N=Nc4ccccc4)c(N)n3)c(C)c2C2CC2)c(F)c1. The fourth-order valence-electron chi connectivity index (χ4n) is 4.20. The molecule has 0 aliphatic heterocycles. The van der Waals surface area contributed by atoms with Crippen molar-refractivity contribution in [2.45, 2.75) is 39.2 Å². The van der Waals surface area contributed by atoms with Crippen molar-refractivity contribution < 1.29 is 13.5 Å². The summed E-state index contributed by atoms with van der Waals surface area (Å²) in [6.07, 6.45) is 1.92. The molecule has 1 aliphatic carbocycles. The van der Waals surface area contributed by atoms with Gasteiger partial charge < -0.3 is 16.2 Å². The van der Waals surface area contributed by atoms with Crippen molar-refractivity contribution in [3.05, 3.63) is 70.9 Å². The molecule has 1 saturated carbocycles. The van der Waals surface area contributed by atoms with E-state index in [1.54, 1.807) is 23.7 Å². The largest absolute Gasteiger partial charge is 0.494 e. The Morgan fingerprint density at radius 1 is 1.03 bits per heavy atom. The molecule has 0 unspecified atom stereocenters. The Kier molecular flexibility index (Phi) is 6.51. The van der Waals surface area contributed by atoms with Gasteiger partial charge in [-0.1, -0.05) is 18.2 Å². The number of nitrogens with two attached hydrogens (primary N) is 2. The Morgan fingerprint density at radius 2 is 1.68 bits per heavy atom. The van der Waals surface area contributed by atoms with E-state index in [0.717, 1.165) is 24.1 Å². The summed E-state index contributed by atoms with van der Waals surface area (Å²) in [6, 6.07) is 11.5. The summed E-state index contributed by atoms with van der Waals surface area (Å²) in [5.74, 6) is -0.705. The molecule has 2 heterocycles. The van der Waals surface area contributed by atoms with E-state index in [4.69, 9.17) is 16.2 Å². The second-order valence-electron chi connectivity index (χ2n) is 8.79. The van der Waals surface area contributed by atoms with Crippen molar-refractivity contribution >= 4 is 23.0 Å². The van der Waals surface area contributed by atoms with Crippen LogP contribution in [0.5, 0.6) is 5.75 Å². The molecule has 0 atom stereocenters. The fraction of sp³-hybridized carbons (Fsp3) is 0.269. The van der Waals surface area contributed by atoms with Gasteiger partial charge in [-0.05, 0) is 38.8 Å². The molecule has 5 rings (SSSR count). The zero-order valence-corrected chi connectivity index (χ0v) is 20.4. The molecule has 0 spiro atoms. The third-order valence-corrected chi connectivity index (χ3v) is 6.11. The minimum atomic E-state index is -0.697. The number of ether oxygens (including phenoxy) is 1. The Hall–Kier alpha value is -4.41. The Bertz CT molecular complexity index is 1440. The molecule has 1 aliphatic rings. The van der Waals surface area contributed by atoms with E-state index in [2.05, 4.69) is 25.3 Å². The Morgan fingerprint density at radius 3 is 2.27 bits per heavy atom. The highest BCUT2D eigenvalue weighted by Gasteiger charge is 2.32. The lowest BCUT2D eigenvalue weighted by Gasteiger charge is -2.11. The summed E-state index contributed by atoms with van der Waals surface area (Å²) in [4.78, 5) is 8.76. The lowest BCUT2D eigenvalue weighted by atomic mass is 10.1. The number of halogens is 2. The van der Waals surface area contributed by atoms with E-state index in [0.29, 0.717) is 18.0 Å². The van der Waals surface area contributed by atoms with Gasteiger partial charge in [-0.3, -0.25) is 4.68 Å². The molecule has 4 aromatic rings. The number of hydrogen-bond donors (Lipinski definition) is 2. The highest BCUT2D eigenvalue weighted by Crippen LogP contribution is 2.44. The van der Waals surface area contributed by atoms with Gasteiger partial charge in [0.05, 0.1) is 18.8 Å². The van der Waals surface area contributed by atoms with Crippen LogP contribution in [0.3, 0.4) is 0 Å². The average molecular weight is 505 g/mol. The number of azo groups is 1. The molecular formula is C26H26F2N8O. The molecule has 1 fully saturated rings. The summed E-state index contributed by atoms with van der Waals surface area (Å²) in [5.41, 5.74) is 15.1. The lowest BCUT2D eigenvalue weighted by Crippen LogP contribution is -2.10. The Labute approximate surface area is 212 Å². The van der Waals surface area contributed by atoms with Crippen LogP contribution in [0.4, 0.5) is 31.8 Å². The first-order valence-corrected chi connectivity index (χ1v) is 11.9. The molecule has 0 saturated heterocycles. The van der Waals surface area contributed by atoms with Crippen LogP contribution < -0.4 is 16.2 Å². The van der Waals surface area contributed by atoms with Crippen LogP contribution in [-0.4, -0.2) is 26.4 Å². The van der Waals surface area contributed by atoms with E-state index in [9.17, 15) is 8.78 Å². The number of anilines is 2. The van der Waals surface area contributed by atoms with Gasteiger partial charge >= 0.3 is 0 Å². The minimum Gasteiger partial charge on any atom is -0.494 e.